The van der Waals surface area contributed by atoms with Crippen molar-refractivity contribution >= 4 is 28.2 Å². The number of thiazole rings is 1. The van der Waals surface area contributed by atoms with Crippen LogP contribution in [0.4, 0.5) is 15.6 Å². The Balaban J connectivity index is 2.11. The van der Waals surface area contributed by atoms with Gasteiger partial charge in [-0.3, -0.25) is 5.32 Å². The molecule has 0 aliphatic rings. The van der Waals surface area contributed by atoms with Gasteiger partial charge in [-0.15, -0.1) is 11.3 Å². The number of hydrogen-bond acceptors (Lipinski definition) is 5. The van der Waals surface area contributed by atoms with Gasteiger partial charge in [0, 0.05) is 30.7 Å². The summed E-state index contributed by atoms with van der Waals surface area (Å²) in [6.07, 6.45) is -0.490. The Labute approximate surface area is 134 Å². The zero-order chi connectivity index (χ0) is 16.3. The minimum Gasteiger partial charge on any atom is -0.444 e. The third-order valence-electron chi connectivity index (χ3n) is 2.77. The highest BCUT2D eigenvalue weighted by atomic mass is 32.1. The van der Waals surface area contributed by atoms with Crippen molar-refractivity contribution in [3.63, 3.8) is 0 Å². The van der Waals surface area contributed by atoms with Gasteiger partial charge in [-0.05, 0) is 32.9 Å². The molecule has 0 aliphatic carbocycles. The lowest BCUT2D eigenvalue weighted by Crippen LogP contribution is -2.27. The molecule has 2 aromatic rings. The molecule has 0 atom stereocenters. The van der Waals surface area contributed by atoms with E-state index in [1.165, 1.54) is 11.3 Å². The molecule has 1 aromatic heterocycles. The molecule has 0 saturated heterocycles. The molecule has 2 rings (SSSR count). The van der Waals surface area contributed by atoms with Gasteiger partial charge in [-0.2, -0.15) is 0 Å². The van der Waals surface area contributed by atoms with Crippen LogP contribution >= 0.6 is 11.3 Å². The van der Waals surface area contributed by atoms with E-state index < -0.39 is 11.7 Å². The van der Waals surface area contributed by atoms with Crippen LogP contribution in [-0.4, -0.2) is 30.8 Å². The second kappa shape index (κ2) is 6.36. The van der Waals surface area contributed by atoms with E-state index in [-0.39, 0.29) is 0 Å². The summed E-state index contributed by atoms with van der Waals surface area (Å²) < 4.78 is 5.22. The second-order valence-electron chi connectivity index (χ2n) is 6.11. The first-order valence-electron chi connectivity index (χ1n) is 6.98. The van der Waals surface area contributed by atoms with E-state index in [9.17, 15) is 4.79 Å². The van der Waals surface area contributed by atoms with E-state index in [1.807, 2.05) is 63.3 Å². The fourth-order valence-corrected chi connectivity index (χ4v) is 2.50. The number of ether oxygens (including phenoxy) is 1. The van der Waals surface area contributed by atoms with Crippen LogP contribution in [-0.2, 0) is 4.74 Å². The molecule has 0 aliphatic heterocycles. The van der Waals surface area contributed by atoms with E-state index in [2.05, 4.69) is 16.4 Å². The Kier molecular flexibility index (Phi) is 4.71. The van der Waals surface area contributed by atoms with Crippen molar-refractivity contribution in [2.24, 2.45) is 0 Å². The monoisotopic (exact) mass is 319 g/mol. The fourth-order valence-electron chi connectivity index (χ4n) is 1.80. The van der Waals surface area contributed by atoms with Gasteiger partial charge in [0.15, 0.2) is 5.13 Å². The zero-order valence-electron chi connectivity index (χ0n) is 13.5. The number of nitrogens with zero attached hydrogens (tertiary/aromatic N) is 2. The summed E-state index contributed by atoms with van der Waals surface area (Å²) in [7, 11) is 3.99. The normalized spacial score (nSPS) is 11.1. The summed E-state index contributed by atoms with van der Waals surface area (Å²) in [6, 6.07) is 8.09. The molecule has 118 valence electrons. The molecule has 1 heterocycles. The van der Waals surface area contributed by atoms with Gasteiger partial charge in [-0.1, -0.05) is 12.1 Å². The predicted molar refractivity (Wildman–Crippen MR) is 91.7 cm³/mol. The van der Waals surface area contributed by atoms with Crippen LogP contribution in [0.5, 0.6) is 0 Å². The van der Waals surface area contributed by atoms with E-state index in [0.717, 1.165) is 16.9 Å². The Morgan fingerprint density at radius 2 is 2.05 bits per heavy atom. The lowest BCUT2D eigenvalue weighted by molar-refractivity contribution is 0.0636. The van der Waals surface area contributed by atoms with Gasteiger partial charge in [0.05, 0.1) is 5.69 Å². The van der Waals surface area contributed by atoms with Gasteiger partial charge >= 0.3 is 6.09 Å². The Morgan fingerprint density at radius 3 is 2.68 bits per heavy atom. The van der Waals surface area contributed by atoms with Crippen molar-refractivity contribution in [1.29, 1.82) is 0 Å². The molecule has 22 heavy (non-hydrogen) atoms. The summed E-state index contributed by atoms with van der Waals surface area (Å²) >= 11 is 1.38. The molecule has 0 unspecified atom stereocenters. The first-order valence-corrected chi connectivity index (χ1v) is 7.86. The van der Waals surface area contributed by atoms with Crippen molar-refractivity contribution in [1.82, 2.24) is 4.98 Å². The molecule has 5 nitrogen and oxygen atoms in total. The SMILES string of the molecule is CN(C)c1cccc(-c2csc(NC(=O)OC(C)(C)C)n2)c1. The van der Waals surface area contributed by atoms with Gasteiger partial charge in [0.25, 0.3) is 0 Å². The third kappa shape index (κ3) is 4.46. The number of aromatic nitrogens is 1. The number of anilines is 2. The topological polar surface area (TPSA) is 54.5 Å². The highest BCUT2D eigenvalue weighted by molar-refractivity contribution is 7.14. The van der Waals surface area contributed by atoms with E-state index >= 15 is 0 Å². The zero-order valence-corrected chi connectivity index (χ0v) is 14.3. The maximum atomic E-state index is 11.7. The number of nitrogens with one attached hydrogen (secondary N) is 1. The molecule has 6 heteroatoms. The van der Waals surface area contributed by atoms with Crippen LogP contribution in [0.2, 0.25) is 0 Å². The quantitative estimate of drug-likeness (QED) is 0.920. The van der Waals surface area contributed by atoms with Crippen LogP contribution in [0.25, 0.3) is 11.3 Å². The Hall–Kier alpha value is -2.08. The van der Waals surface area contributed by atoms with Gasteiger partial charge in [0.1, 0.15) is 5.60 Å². The number of amides is 1. The van der Waals surface area contributed by atoms with E-state index in [1.54, 1.807) is 0 Å². The maximum absolute atomic E-state index is 11.7. The first kappa shape index (κ1) is 16.3. The second-order valence-corrected chi connectivity index (χ2v) is 6.97. The Bertz CT molecular complexity index is 659. The number of benzene rings is 1. The van der Waals surface area contributed by atoms with Gasteiger partial charge < -0.3 is 9.64 Å². The highest BCUT2D eigenvalue weighted by Gasteiger charge is 2.17. The predicted octanol–water partition coefficient (Wildman–Crippen LogP) is 4.22. The summed E-state index contributed by atoms with van der Waals surface area (Å²) in [6.45, 7) is 5.48. The summed E-state index contributed by atoms with van der Waals surface area (Å²) in [5, 5.41) is 5.11. The van der Waals surface area contributed by atoms with Crippen molar-refractivity contribution in [2.75, 3.05) is 24.3 Å². The molecule has 0 bridgehead atoms. The van der Waals surface area contributed by atoms with Crippen LogP contribution in [0.15, 0.2) is 29.6 Å². The smallest absolute Gasteiger partial charge is 0.413 e. The van der Waals surface area contributed by atoms with Crippen molar-refractivity contribution < 1.29 is 9.53 Å². The molecule has 1 N–H and O–H groups in total. The summed E-state index contributed by atoms with van der Waals surface area (Å²) in [4.78, 5) is 18.2. The largest absolute Gasteiger partial charge is 0.444 e. The Morgan fingerprint density at radius 1 is 1.32 bits per heavy atom. The van der Waals surface area contributed by atoms with Crippen molar-refractivity contribution in [2.45, 2.75) is 26.4 Å². The molecule has 0 radical (unpaired) electrons. The standard InChI is InChI=1S/C16H21N3O2S/c1-16(2,3)21-15(20)18-14-17-13(10-22-14)11-7-6-8-12(9-11)19(4)5/h6-10H,1-5H3,(H,17,18,20). The summed E-state index contributed by atoms with van der Waals surface area (Å²) in [5.41, 5.74) is 2.43. The van der Waals surface area contributed by atoms with E-state index in [4.69, 9.17) is 4.74 Å². The highest BCUT2D eigenvalue weighted by Crippen LogP contribution is 2.27. The van der Waals surface area contributed by atoms with Crippen LogP contribution in [0.3, 0.4) is 0 Å². The number of rotatable bonds is 3. The minimum absolute atomic E-state index is 0.490. The summed E-state index contributed by atoms with van der Waals surface area (Å²) in [5.74, 6) is 0. The van der Waals surface area contributed by atoms with Crippen LogP contribution < -0.4 is 10.2 Å². The van der Waals surface area contributed by atoms with Gasteiger partial charge in [-0.25, -0.2) is 9.78 Å². The number of carbonyl (C=O) groups excluding carboxylic acids is 1. The maximum Gasteiger partial charge on any atom is 0.413 e. The molecular weight excluding hydrogens is 298 g/mol. The molecule has 0 fully saturated rings. The number of carbonyl (C=O) groups is 1. The van der Waals surface area contributed by atoms with Crippen LogP contribution in [0, 0.1) is 0 Å². The van der Waals surface area contributed by atoms with Crippen molar-refractivity contribution in [3.8, 4) is 11.3 Å². The first-order chi connectivity index (χ1) is 10.2. The molecule has 1 amide bonds. The fraction of sp³-hybridized carbons (Fsp3) is 0.375. The van der Waals surface area contributed by atoms with Crippen LogP contribution in [0.1, 0.15) is 20.8 Å². The molecule has 0 spiro atoms. The average molecular weight is 319 g/mol. The molecule has 0 saturated carbocycles. The van der Waals surface area contributed by atoms with E-state index in [0.29, 0.717) is 5.13 Å². The molecule has 1 aromatic carbocycles. The third-order valence-corrected chi connectivity index (χ3v) is 3.53. The van der Waals surface area contributed by atoms with Gasteiger partial charge in [0.2, 0.25) is 0 Å². The minimum atomic E-state index is -0.524. The lowest BCUT2D eigenvalue weighted by atomic mass is 10.1. The average Bonchev–Trinajstić information content (AvgIpc) is 2.85. The lowest BCUT2D eigenvalue weighted by Gasteiger charge is -2.18. The molecular formula is C16H21N3O2S. The van der Waals surface area contributed by atoms with Crippen molar-refractivity contribution in [3.05, 3.63) is 29.6 Å². The number of hydrogen-bond donors (Lipinski definition) is 1.